The highest BCUT2D eigenvalue weighted by molar-refractivity contribution is 7.16. The third-order valence-corrected chi connectivity index (χ3v) is 3.80. The maximum atomic E-state index is 12.3. The van der Waals surface area contributed by atoms with Crippen LogP contribution >= 0.6 is 11.3 Å². The van der Waals surface area contributed by atoms with Crippen LogP contribution in [0.15, 0.2) is 10.6 Å². The molecule has 1 N–H and O–H groups in total. The molecular formula is C14H16N2O4S. The molecule has 0 aliphatic rings. The van der Waals surface area contributed by atoms with Crippen molar-refractivity contribution in [2.24, 2.45) is 0 Å². The molecule has 0 aliphatic heterocycles. The number of aromatic nitrogens is 1. The summed E-state index contributed by atoms with van der Waals surface area (Å²) in [5.41, 5.74) is 1.26. The zero-order valence-corrected chi connectivity index (χ0v) is 13.1. The molecule has 0 spiro atoms. The minimum atomic E-state index is -0.448. The Kier molecular flexibility index (Phi) is 4.42. The van der Waals surface area contributed by atoms with E-state index in [-0.39, 0.29) is 12.5 Å². The molecule has 0 saturated carbocycles. The second-order valence-electron chi connectivity index (χ2n) is 4.47. The molecule has 2 aromatic rings. The van der Waals surface area contributed by atoms with E-state index in [0.717, 1.165) is 4.88 Å². The van der Waals surface area contributed by atoms with E-state index >= 15 is 0 Å². The second kappa shape index (κ2) is 6.09. The summed E-state index contributed by atoms with van der Waals surface area (Å²) < 4.78 is 9.96. The summed E-state index contributed by atoms with van der Waals surface area (Å²) in [4.78, 5) is 25.1. The van der Waals surface area contributed by atoms with Crippen LogP contribution < -0.4 is 5.32 Å². The fraction of sp³-hybridized carbons (Fsp3) is 0.357. The third kappa shape index (κ3) is 3.13. The SMILES string of the molecule is CCOC(=O)c1cc(C)sc1NC(=O)c1c(C)noc1C. The molecule has 0 atom stereocenters. The van der Waals surface area contributed by atoms with Crippen LogP contribution in [0, 0.1) is 20.8 Å². The summed E-state index contributed by atoms with van der Waals surface area (Å²) in [6.45, 7) is 7.24. The van der Waals surface area contributed by atoms with Gasteiger partial charge in [0.05, 0.1) is 17.9 Å². The van der Waals surface area contributed by atoms with Crippen LogP contribution in [-0.2, 0) is 4.74 Å². The van der Waals surface area contributed by atoms with E-state index in [1.807, 2.05) is 6.92 Å². The first kappa shape index (κ1) is 15.2. The van der Waals surface area contributed by atoms with Crippen molar-refractivity contribution in [2.45, 2.75) is 27.7 Å². The summed E-state index contributed by atoms with van der Waals surface area (Å²) in [6, 6.07) is 1.70. The topological polar surface area (TPSA) is 81.4 Å². The average Bonchev–Trinajstić information content (AvgIpc) is 2.93. The predicted molar refractivity (Wildman–Crippen MR) is 78.9 cm³/mol. The van der Waals surface area contributed by atoms with E-state index in [9.17, 15) is 9.59 Å². The number of hydrogen-bond donors (Lipinski definition) is 1. The molecule has 2 rings (SSSR count). The van der Waals surface area contributed by atoms with E-state index in [0.29, 0.717) is 27.6 Å². The number of rotatable bonds is 4. The van der Waals surface area contributed by atoms with Gasteiger partial charge in [0.25, 0.3) is 5.91 Å². The molecule has 0 saturated heterocycles. The van der Waals surface area contributed by atoms with Gasteiger partial charge in [-0.25, -0.2) is 4.79 Å². The zero-order valence-electron chi connectivity index (χ0n) is 12.3. The minimum Gasteiger partial charge on any atom is -0.462 e. The molecule has 0 unspecified atom stereocenters. The van der Waals surface area contributed by atoms with Crippen molar-refractivity contribution >= 4 is 28.2 Å². The first-order chi connectivity index (χ1) is 9.93. The average molecular weight is 308 g/mol. The van der Waals surface area contributed by atoms with Crippen LogP contribution in [0.5, 0.6) is 0 Å². The number of aryl methyl sites for hydroxylation is 3. The number of anilines is 1. The smallest absolute Gasteiger partial charge is 0.341 e. The van der Waals surface area contributed by atoms with E-state index < -0.39 is 5.97 Å². The Morgan fingerprint density at radius 2 is 2.10 bits per heavy atom. The van der Waals surface area contributed by atoms with E-state index in [2.05, 4.69) is 10.5 Å². The molecule has 0 bridgehead atoms. The fourth-order valence-electron chi connectivity index (χ4n) is 1.94. The van der Waals surface area contributed by atoms with Gasteiger partial charge in [-0.2, -0.15) is 0 Å². The van der Waals surface area contributed by atoms with Crippen molar-refractivity contribution < 1.29 is 18.8 Å². The standard InChI is InChI=1S/C14H16N2O4S/c1-5-19-14(18)10-6-7(2)21-13(10)15-12(17)11-8(3)16-20-9(11)4/h6H,5H2,1-4H3,(H,15,17). The number of carbonyl (C=O) groups excluding carboxylic acids is 2. The molecule has 0 radical (unpaired) electrons. The minimum absolute atomic E-state index is 0.283. The maximum absolute atomic E-state index is 12.3. The van der Waals surface area contributed by atoms with Crippen molar-refractivity contribution in [3.8, 4) is 0 Å². The number of esters is 1. The molecule has 0 aliphatic carbocycles. The summed E-state index contributed by atoms with van der Waals surface area (Å²) in [6.07, 6.45) is 0. The molecular weight excluding hydrogens is 292 g/mol. The van der Waals surface area contributed by atoms with Gasteiger partial charge < -0.3 is 14.6 Å². The lowest BCUT2D eigenvalue weighted by Crippen LogP contribution is -2.15. The number of thiophene rings is 1. The number of hydrogen-bond acceptors (Lipinski definition) is 6. The van der Waals surface area contributed by atoms with Crippen LogP contribution in [0.3, 0.4) is 0 Å². The zero-order chi connectivity index (χ0) is 15.6. The van der Waals surface area contributed by atoms with Crippen molar-refractivity contribution in [3.05, 3.63) is 33.5 Å². The van der Waals surface area contributed by atoms with Gasteiger partial charge in [0, 0.05) is 4.88 Å². The first-order valence-corrected chi connectivity index (χ1v) is 7.27. The number of carbonyl (C=O) groups is 2. The molecule has 2 heterocycles. The van der Waals surface area contributed by atoms with E-state index in [1.54, 1.807) is 26.8 Å². The molecule has 21 heavy (non-hydrogen) atoms. The van der Waals surface area contributed by atoms with Crippen molar-refractivity contribution in [3.63, 3.8) is 0 Å². The van der Waals surface area contributed by atoms with E-state index in [4.69, 9.17) is 9.26 Å². The quantitative estimate of drug-likeness (QED) is 0.878. The summed E-state index contributed by atoms with van der Waals surface area (Å²) in [5, 5.41) is 6.95. The Morgan fingerprint density at radius 1 is 1.38 bits per heavy atom. The number of nitrogens with one attached hydrogen (secondary N) is 1. The van der Waals surface area contributed by atoms with Gasteiger partial charge >= 0.3 is 5.97 Å². The lowest BCUT2D eigenvalue weighted by molar-refractivity contribution is 0.0528. The Labute approximate surface area is 126 Å². The van der Waals surface area contributed by atoms with Crippen LogP contribution in [-0.4, -0.2) is 23.6 Å². The lowest BCUT2D eigenvalue weighted by atomic mass is 10.2. The summed E-state index contributed by atoms with van der Waals surface area (Å²) >= 11 is 1.32. The maximum Gasteiger partial charge on any atom is 0.341 e. The molecule has 6 nitrogen and oxygen atoms in total. The third-order valence-electron chi connectivity index (χ3n) is 2.84. The molecule has 2 aromatic heterocycles. The van der Waals surface area contributed by atoms with Crippen LogP contribution in [0.25, 0.3) is 0 Å². The first-order valence-electron chi connectivity index (χ1n) is 6.45. The van der Waals surface area contributed by atoms with Gasteiger partial charge in [0.2, 0.25) is 0 Å². The Balaban J connectivity index is 2.28. The highest BCUT2D eigenvalue weighted by atomic mass is 32.1. The normalized spacial score (nSPS) is 10.5. The fourth-order valence-corrected chi connectivity index (χ4v) is 2.84. The summed E-state index contributed by atoms with van der Waals surface area (Å²) in [7, 11) is 0. The van der Waals surface area contributed by atoms with Crippen molar-refractivity contribution in [1.29, 1.82) is 0 Å². The van der Waals surface area contributed by atoms with Gasteiger partial charge in [-0.1, -0.05) is 5.16 Å². The van der Waals surface area contributed by atoms with Gasteiger partial charge in [-0.15, -0.1) is 11.3 Å². The molecule has 0 aromatic carbocycles. The molecule has 7 heteroatoms. The summed E-state index contributed by atoms with van der Waals surface area (Å²) in [5.74, 6) is -0.356. The Bertz CT molecular complexity index is 668. The lowest BCUT2D eigenvalue weighted by Gasteiger charge is -2.05. The molecule has 112 valence electrons. The number of nitrogens with zero attached hydrogens (tertiary/aromatic N) is 1. The van der Waals surface area contributed by atoms with Gasteiger partial charge in [0.1, 0.15) is 16.3 Å². The van der Waals surface area contributed by atoms with Gasteiger partial charge in [-0.05, 0) is 33.8 Å². The largest absolute Gasteiger partial charge is 0.462 e. The number of amides is 1. The van der Waals surface area contributed by atoms with Gasteiger partial charge in [0.15, 0.2) is 0 Å². The van der Waals surface area contributed by atoms with Crippen LogP contribution in [0.2, 0.25) is 0 Å². The molecule has 0 fully saturated rings. The predicted octanol–water partition coefficient (Wildman–Crippen LogP) is 3.09. The Hall–Kier alpha value is -2.15. The highest BCUT2D eigenvalue weighted by Gasteiger charge is 2.22. The number of ether oxygens (including phenoxy) is 1. The Morgan fingerprint density at radius 3 is 2.67 bits per heavy atom. The second-order valence-corrected chi connectivity index (χ2v) is 5.73. The highest BCUT2D eigenvalue weighted by Crippen LogP contribution is 2.29. The van der Waals surface area contributed by atoms with Crippen LogP contribution in [0.1, 0.15) is 44.0 Å². The molecule has 1 amide bonds. The van der Waals surface area contributed by atoms with Crippen LogP contribution in [0.4, 0.5) is 5.00 Å². The van der Waals surface area contributed by atoms with Crippen molar-refractivity contribution in [1.82, 2.24) is 5.16 Å². The van der Waals surface area contributed by atoms with Crippen molar-refractivity contribution in [2.75, 3.05) is 11.9 Å². The monoisotopic (exact) mass is 308 g/mol. The van der Waals surface area contributed by atoms with E-state index in [1.165, 1.54) is 11.3 Å². The van der Waals surface area contributed by atoms with Gasteiger partial charge in [-0.3, -0.25) is 4.79 Å².